The Kier molecular flexibility index (Phi) is 9.80. The molecular formula is C28H37NO5S. The minimum Gasteiger partial charge on any atom is -0.395 e. The summed E-state index contributed by atoms with van der Waals surface area (Å²) in [6.45, 7) is 3.76. The van der Waals surface area contributed by atoms with Crippen LogP contribution in [0.3, 0.4) is 0 Å². The Hall–Kier alpha value is -2.32. The van der Waals surface area contributed by atoms with E-state index in [9.17, 15) is 19.8 Å². The van der Waals surface area contributed by atoms with E-state index in [1.165, 1.54) is 10.1 Å². The SMILES string of the molecule is CC1(C)C(=O)[C@H](C/C=C\CCCC(=O)NCCO)C(/C=C/C(O)Cc2cc3ccccc3s2)[C@@H]1O. The molecule has 0 radical (unpaired) electrons. The van der Waals surface area contributed by atoms with Crippen LogP contribution >= 0.6 is 11.3 Å². The largest absolute Gasteiger partial charge is 0.395 e. The molecule has 1 aromatic heterocycles. The van der Waals surface area contributed by atoms with Gasteiger partial charge in [-0.25, -0.2) is 0 Å². The van der Waals surface area contributed by atoms with Gasteiger partial charge in [0.05, 0.1) is 24.2 Å². The first-order valence-corrected chi connectivity index (χ1v) is 13.1. The second-order valence-electron chi connectivity index (χ2n) is 9.79. The van der Waals surface area contributed by atoms with Crippen molar-refractivity contribution < 1.29 is 24.9 Å². The fraction of sp³-hybridized carbons (Fsp3) is 0.500. The number of amides is 1. The van der Waals surface area contributed by atoms with E-state index in [0.717, 1.165) is 4.88 Å². The van der Waals surface area contributed by atoms with Gasteiger partial charge in [-0.1, -0.05) is 56.4 Å². The molecule has 1 aromatic carbocycles. The molecule has 6 nitrogen and oxygen atoms in total. The van der Waals surface area contributed by atoms with Crippen LogP contribution in [-0.2, 0) is 16.0 Å². The van der Waals surface area contributed by atoms with Crippen LogP contribution in [0, 0.1) is 17.3 Å². The molecule has 0 aliphatic heterocycles. The summed E-state index contributed by atoms with van der Waals surface area (Å²) >= 11 is 1.67. The molecule has 0 spiro atoms. The summed E-state index contributed by atoms with van der Waals surface area (Å²) < 4.78 is 1.19. The monoisotopic (exact) mass is 499 g/mol. The number of unbranched alkanes of at least 4 members (excludes halogenated alkanes) is 1. The highest BCUT2D eigenvalue weighted by atomic mass is 32.1. The molecule has 1 heterocycles. The first kappa shape index (κ1) is 27.3. The summed E-state index contributed by atoms with van der Waals surface area (Å²) in [4.78, 5) is 25.7. The number of thiophene rings is 1. The number of Topliss-reactive ketones (excluding diaryl/α,β-unsaturated/α-hetero) is 1. The molecule has 1 amide bonds. The van der Waals surface area contributed by atoms with Gasteiger partial charge in [-0.2, -0.15) is 0 Å². The second-order valence-corrected chi connectivity index (χ2v) is 11.0. The molecule has 7 heteroatoms. The van der Waals surface area contributed by atoms with Crippen molar-refractivity contribution >= 4 is 33.1 Å². The summed E-state index contributed by atoms with van der Waals surface area (Å²) in [6.07, 6.45) is 8.76. The fourth-order valence-electron chi connectivity index (χ4n) is 4.70. The molecule has 4 atom stereocenters. The van der Waals surface area contributed by atoms with Gasteiger partial charge in [0.1, 0.15) is 5.78 Å². The van der Waals surface area contributed by atoms with Crippen molar-refractivity contribution in [3.63, 3.8) is 0 Å². The van der Waals surface area contributed by atoms with Gasteiger partial charge in [-0.05, 0) is 36.8 Å². The first-order chi connectivity index (χ1) is 16.7. The Morgan fingerprint density at radius 3 is 2.77 bits per heavy atom. The molecule has 3 rings (SSSR count). The lowest BCUT2D eigenvalue weighted by Gasteiger charge is -2.22. The van der Waals surface area contributed by atoms with Gasteiger partial charge in [0.25, 0.3) is 0 Å². The Morgan fingerprint density at radius 1 is 1.26 bits per heavy atom. The Balaban J connectivity index is 1.56. The maximum Gasteiger partial charge on any atom is 0.220 e. The normalized spacial score (nSPS) is 23.0. The van der Waals surface area contributed by atoms with E-state index in [1.807, 2.05) is 30.4 Å². The third-order valence-corrected chi connectivity index (χ3v) is 7.89. The molecule has 0 bridgehead atoms. The van der Waals surface area contributed by atoms with Crippen molar-refractivity contribution in [1.82, 2.24) is 5.32 Å². The third kappa shape index (κ3) is 7.10. The van der Waals surface area contributed by atoms with Crippen molar-refractivity contribution in [1.29, 1.82) is 0 Å². The summed E-state index contributed by atoms with van der Waals surface area (Å²) in [6, 6.07) is 10.2. The number of benzene rings is 1. The van der Waals surface area contributed by atoms with Crippen LogP contribution < -0.4 is 5.32 Å². The van der Waals surface area contributed by atoms with Gasteiger partial charge in [0.2, 0.25) is 5.91 Å². The van der Waals surface area contributed by atoms with Crippen LogP contribution in [0.15, 0.2) is 54.6 Å². The maximum atomic E-state index is 13.0. The molecule has 35 heavy (non-hydrogen) atoms. The van der Waals surface area contributed by atoms with E-state index in [1.54, 1.807) is 31.3 Å². The van der Waals surface area contributed by atoms with Crippen molar-refractivity contribution in [2.75, 3.05) is 13.2 Å². The van der Waals surface area contributed by atoms with Gasteiger partial charge < -0.3 is 20.6 Å². The van der Waals surface area contributed by atoms with Crippen LogP contribution in [0.5, 0.6) is 0 Å². The van der Waals surface area contributed by atoms with E-state index >= 15 is 0 Å². The molecular weight excluding hydrogens is 462 g/mol. The van der Waals surface area contributed by atoms with Gasteiger partial charge >= 0.3 is 0 Å². The van der Waals surface area contributed by atoms with Crippen molar-refractivity contribution in [3.8, 4) is 0 Å². The number of aliphatic hydroxyl groups is 3. The topological polar surface area (TPSA) is 107 Å². The van der Waals surface area contributed by atoms with Crippen LogP contribution in [0.1, 0.15) is 44.4 Å². The lowest BCUT2D eigenvalue weighted by molar-refractivity contribution is -0.129. The molecule has 2 aromatic rings. The standard InChI is InChI=1S/C28H37NO5S/c1-28(2)26(33)22(10-5-3-4-6-12-25(32)29-15-16-30)23(27(28)34)14-13-20(31)18-21-17-19-9-7-8-11-24(19)35-21/h3,5,7-9,11,13-14,17,20,22-23,27,30-31,34H,4,6,10,12,15-16,18H2,1-2H3,(H,29,32)/b5-3-,14-13+/t20?,22-,23?,27+/m1/s1. The maximum absolute atomic E-state index is 13.0. The van der Waals surface area contributed by atoms with Crippen LogP contribution in [0.25, 0.3) is 10.1 Å². The molecule has 4 N–H and O–H groups in total. The number of nitrogens with one attached hydrogen (secondary N) is 1. The fourth-order valence-corrected chi connectivity index (χ4v) is 5.81. The predicted octanol–water partition coefficient (Wildman–Crippen LogP) is 3.79. The van der Waals surface area contributed by atoms with E-state index in [2.05, 4.69) is 23.5 Å². The lowest BCUT2D eigenvalue weighted by atomic mass is 9.86. The third-order valence-electron chi connectivity index (χ3n) is 6.75. The number of aliphatic hydroxyl groups excluding tert-OH is 3. The smallest absolute Gasteiger partial charge is 0.220 e. The molecule has 1 fully saturated rings. The lowest BCUT2D eigenvalue weighted by Crippen LogP contribution is -2.31. The van der Waals surface area contributed by atoms with E-state index < -0.39 is 17.6 Å². The number of fused-ring (bicyclic) bond motifs is 1. The van der Waals surface area contributed by atoms with Crippen LogP contribution in [0.4, 0.5) is 0 Å². The summed E-state index contributed by atoms with van der Waals surface area (Å²) in [7, 11) is 0. The predicted molar refractivity (Wildman–Crippen MR) is 140 cm³/mol. The number of allylic oxidation sites excluding steroid dienone is 2. The molecule has 1 aliphatic carbocycles. The number of hydrogen-bond donors (Lipinski definition) is 4. The number of rotatable bonds is 12. The summed E-state index contributed by atoms with van der Waals surface area (Å²) in [5.41, 5.74) is -0.839. The number of hydrogen-bond acceptors (Lipinski definition) is 6. The minimum atomic E-state index is -0.839. The number of carbonyl (C=O) groups is 2. The highest BCUT2D eigenvalue weighted by Crippen LogP contribution is 2.44. The first-order valence-electron chi connectivity index (χ1n) is 12.3. The Bertz CT molecular complexity index is 1020. The molecule has 190 valence electrons. The van der Waals surface area contributed by atoms with Crippen LogP contribution in [-0.4, -0.2) is 52.4 Å². The molecule has 2 unspecified atom stereocenters. The van der Waals surface area contributed by atoms with Gasteiger partial charge in [-0.15, -0.1) is 11.3 Å². The summed E-state index contributed by atoms with van der Waals surface area (Å²) in [5.74, 6) is -0.755. The van der Waals surface area contributed by atoms with Crippen molar-refractivity contribution in [2.24, 2.45) is 17.3 Å². The van der Waals surface area contributed by atoms with E-state index in [4.69, 9.17) is 5.11 Å². The second kappa shape index (κ2) is 12.6. The summed E-state index contributed by atoms with van der Waals surface area (Å²) in [5, 5.41) is 34.0. The van der Waals surface area contributed by atoms with E-state index in [-0.39, 0.29) is 36.7 Å². The van der Waals surface area contributed by atoms with Gasteiger partial charge in [-0.3, -0.25) is 9.59 Å². The number of carbonyl (C=O) groups excluding carboxylic acids is 2. The highest BCUT2D eigenvalue weighted by molar-refractivity contribution is 7.19. The average Bonchev–Trinajstić information content (AvgIpc) is 3.30. The van der Waals surface area contributed by atoms with E-state index in [0.29, 0.717) is 32.1 Å². The Labute approximate surface area is 211 Å². The zero-order valence-corrected chi connectivity index (χ0v) is 21.3. The highest BCUT2D eigenvalue weighted by Gasteiger charge is 2.52. The average molecular weight is 500 g/mol. The quantitative estimate of drug-likeness (QED) is 0.263. The van der Waals surface area contributed by atoms with Gasteiger partial charge in [0.15, 0.2) is 0 Å². The molecule has 1 aliphatic rings. The molecule has 1 saturated carbocycles. The zero-order chi connectivity index (χ0) is 25.4. The minimum absolute atomic E-state index is 0.0340. The van der Waals surface area contributed by atoms with Crippen LogP contribution in [0.2, 0.25) is 0 Å². The molecule has 0 saturated heterocycles. The van der Waals surface area contributed by atoms with Gasteiger partial charge in [0, 0.05) is 40.8 Å². The Morgan fingerprint density at radius 2 is 2.03 bits per heavy atom. The zero-order valence-electron chi connectivity index (χ0n) is 20.5. The van der Waals surface area contributed by atoms with Crippen molar-refractivity contribution in [2.45, 2.75) is 58.2 Å². The van der Waals surface area contributed by atoms with Crippen molar-refractivity contribution in [3.05, 3.63) is 59.5 Å². The number of ketones is 1.